The Balaban J connectivity index is 1.14. The van der Waals surface area contributed by atoms with Gasteiger partial charge in [-0.15, -0.1) is 0 Å². The van der Waals surface area contributed by atoms with E-state index in [1.165, 1.54) is 5.56 Å². The van der Waals surface area contributed by atoms with Crippen LogP contribution in [0.25, 0.3) is 10.9 Å². The van der Waals surface area contributed by atoms with Crippen molar-refractivity contribution in [1.82, 2.24) is 19.7 Å². The SMILES string of the molecule is O=C1[C@H]2Cc3c([nH]c4ccccc34)[C@H](c3ccc4c(c3)OCO4)N2C(=O)CN1[C@@H]1CCN(Cc2ccccc2)C1. The van der Waals surface area contributed by atoms with E-state index in [1.807, 2.05) is 46.2 Å². The van der Waals surface area contributed by atoms with Crippen LogP contribution < -0.4 is 9.47 Å². The van der Waals surface area contributed by atoms with Gasteiger partial charge >= 0.3 is 0 Å². The number of likely N-dealkylation sites (tertiary alicyclic amines) is 1. The van der Waals surface area contributed by atoms with Crippen molar-refractivity contribution in [2.24, 2.45) is 0 Å². The van der Waals surface area contributed by atoms with Gasteiger partial charge in [0.1, 0.15) is 12.6 Å². The van der Waals surface area contributed by atoms with E-state index in [0.717, 1.165) is 53.8 Å². The number of ether oxygens (including phenoxy) is 2. The molecule has 0 saturated carbocycles. The lowest BCUT2D eigenvalue weighted by Crippen LogP contribution is -2.65. The zero-order valence-corrected chi connectivity index (χ0v) is 22.1. The average Bonchev–Trinajstić information content (AvgIpc) is 3.72. The fourth-order valence-corrected chi connectivity index (χ4v) is 7.08. The Hall–Kier alpha value is -4.30. The van der Waals surface area contributed by atoms with Crippen molar-refractivity contribution in [2.75, 3.05) is 26.4 Å². The maximum absolute atomic E-state index is 14.2. The van der Waals surface area contributed by atoms with Gasteiger partial charge in [-0.05, 0) is 41.3 Å². The minimum Gasteiger partial charge on any atom is -0.454 e. The number of nitrogens with zero attached hydrogens (tertiary/aromatic N) is 3. The molecule has 40 heavy (non-hydrogen) atoms. The summed E-state index contributed by atoms with van der Waals surface area (Å²) in [5.74, 6) is 1.39. The van der Waals surface area contributed by atoms with E-state index in [2.05, 4.69) is 46.3 Å². The molecule has 4 aliphatic heterocycles. The molecule has 0 spiro atoms. The Morgan fingerprint density at radius 2 is 1.75 bits per heavy atom. The molecule has 3 atom stereocenters. The zero-order valence-electron chi connectivity index (χ0n) is 22.1. The summed E-state index contributed by atoms with van der Waals surface area (Å²) >= 11 is 0. The van der Waals surface area contributed by atoms with E-state index in [0.29, 0.717) is 17.9 Å². The molecule has 2 amide bonds. The van der Waals surface area contributed by atoms with Gasteiger partial charge in [0.15, 0.2) is 11.5 Å². The van der Waals surface area contributed by atoms with Crippen molar-refractivity contribution >= 4 is 22.7 Å². The molecule has 0 bridgehead atoms. The summed E-state index contributed by atoms with van der Waals surface area (Å²) in [5.41, 5.74) is 5.27. The molecule has 2 fully saturated rings. The van der Waals surface area contributed by atoms with Gasteiger partial charge in [0.05, 0.1) is 6.04 Å². The van der Waals surface area contributed by atoms with Crippen LogP contribution in [0.1, 0.15) is 34.8 Å². The second-order valence-electron chi connectivity index (χ2n) is 11.2. The maximum Gasteiger partial charge on any atom is 0.246 e. The summed E-state index contributed by atoms with van der Waals surface area (Å²) < 4.78 is 11.2. The lowest BCUT2D eigenvalue weighted by atomic mass is 9.85. The summed E-state index contributed by atoms with van der Waals surface area (Å²) in [6, 6.07) is 23.5. The second kappa shape index (κ2) is 9.13. The fourth-order valence-electron chi connectivity index (χ4n) is 7.08. The number of para-hydroxylation sites is 1. The topological polar surface area (TPSA) is 78.1 Å². The Bertz CT molecular complexity index is 1630. The van der Waals surface area contributed by atoms with E-state index in [9.17, 15) is 9.59 Å². The van der Waals surface area contributed by atoms with Crippen LogP contribution in [0.3, 0.4) is 0 Å². The molecule has 202 valence electrons. The number of hydrogen-bond donors (Lipinski definition) is 1. The number of fused-ring (bicyclic) bond motifs is 5. The molecular formula is C32H30N4O4. The third-order valence-corrected chi connectivity index (χ3v) is 8.94. The number of carbonyl (C=O) groups is 2. The third-order valence-electron chi connectivity index (χ3n) is 8.94. The van der Waals surface area contributed by atoms with E-state index in [4.69, 9.17) is 9.47 Å². The molecule has 1 aromatic heterocycles. The molecule has 3 aromatic carbocycles. The number of hydrogen-bond acceptors (Lipinski definition) is 5. The first-order valence-corrected chi connectivity index (χ1v) is 14.0. The number of benzene rings is 3. The Morgan fingerprint density at radius 3 is 2.65 bits per heavy atom. The molecule has 8 heteroatoms. The lowest BCUT2D eigenvalue weighted by Gasteiger charge is -2.48. The van der Waals surface area contributed by atoms with E-state index in [-0.39, 0.29) is 31.2 Å². The van der Waals surface area contributed by atoms with Gasteiger partial charge in [-0.2, -0.15) is 0 Å². The Kier molecular flexibility index (Phi) is 5.38. The number of aromatic amines is 1. The number of carbonyl (C=O) groups excluding carboxylic acids is 2. The zero-order chi connectivity index (χ0) is 26.8. The second-order valence-corrected chi connectivity index (χ2v) is 11.2. The molecule has 0 aliphatic carbocycles. The van der Waals surface area contributed by atoms with Crippen molar-refractivity contribution in [1.29, 1.82) is 0 Å². The predicted octanol–water partition coefficient (Wildman–Crippen LogP) is 3.86. The van der Waals surface area contributed by atoms with Gasteiger partial charge in [0, 0.05) is 48.7 Å². The smallest absolute Gasteiger partial charge is 0.246 e. The summed E-state index contributed by atoms with van der Waals surface area (Å²) in [7, 11) is 0. The van der Waals surface area contributed by atoms with Crippen LogP contribution in [0.5, 0.6) is 11.5 Å². The van der Waals surface area contributed by atoms with Crippen LogP contribution in [-0.2, 0) is 22.6 Å². The number of aromatic nitrogens is 1. The van der Waals surface area contributed by atoms with E-state index in [1.54, 1.807) is 0 Å². The molecule has 8 rings (SSSR count). The number of nitrogens with one attached hydrogen (secondary N) is 1. The van der Waals surface area contributed by atoms with Gasteiger partial charge in [-0.1, -0.05) is 54.6 Å². The summed E-state index contributed by atoms with van der Waals surface area (Å²) in [5, 5.41) is 1.11. The van der Waals surface area contributed by atoms with Crippen LogP contribution in [0, 0.1) is 0 Å². The minimum absolute atomic E-state index is 0.0157. The third kappa shape index (κ3) is 3.70. The van der Waals surface area contributed by atoms with Crippen molar-refractivity contribution < 1.29 is 19.1 Å². The first-order valence-electron chi connectivity index (χ1n) is 14.0. The molecule has 2 saturated heterocycles. The van der Waals surface area contributed by atoms with E-state index < -0.39 is 12.1 Å². The minimum atomic E-state index is -0.549. The molecule has 4 aliphatic rings. The largest absolute Gasteiger partial charge is 0.454 e. The molecule has 8 nitrogen and oxygen atoms in total. The van der Waals surface area contributed by atoms with Gasteiger partial charge in [0.25, 0.3) is 0 Å². The van der Waals surface area contributed by atoms with Gasteiger partial charge in [-0.3, -0.25) is 14.5 Å². The van der Waals surface area contributed by atoms with Crippen LogP contribution >= 0.6 is 0 Å². The number of rotatable bonds is 4. The summed E-state index contributed by atoms with van der Waals surface area (Å²) in [6.07, 6.45) is 1.38. The lowest BCUT2D eigenvalue weighted by molar-refractivity contribution is -0.160. The van der Waals surface area contributed by atoms with E-state index >= 15 is 0 Å². The summed E-state index contributed by atoms with van der Waals surface area (Å²) in [4.78, 5) is 37.9. The Labute approximate surface area is 232 Å². The van der Waals surface area contributed by atoms with Gasteiger partial charge < -0.3 is 24.3 Å². The molecule has 0 unspecified atom stereocenters. The molecule has 0 radical (unpaired) electrons. The van der Waals surface area contributed by atoms with Gasteiger partial charge in [-0.25, -0.2) is 0 Å². The fraction of sp³-hybridized carbons (Fsp3) is 0.312. The monoisotopic (exact) mass is 534 g/mol. The number of amides is 2. The molecular weight excluding hydrogens is 504 g/mol. The van der Waals surface area contributed by atoms with Crippen molar-refractivity contribution in [3.05, 3.63) is 95.2 Å². The Morgan fingerprint density at radius 1 is 0.925 bits per heavy atom. The highest BCUT2D eigenvalue weighted by Crippen LogP contribution is 2.45. The molecule has 4 aromatic rings. The first-order chi connectivity index (χ1) is 19.6. The van der Waals surface area contributed by atoms with Crippen molar-refractivity contribution in [2.45, 2.75) is 37.5 Å². The standard InChI is InChI=1S/C32H30N4O4/c37-29-18-35(22-12-13-34(17-22)16-20-6-2-1-3-7-20)32(38)26-15-24-23-8-4-5-9-25(23)33-30(24)31(36(26)29)21-10-11-27-28(14-21)40-19-39-27/h1-11,14,22,26,31,33H,12-13,15-19H2/t22-,26-,31+/m1/s1. The molecule has 5 heterocycles. The first kappa shape index (κ1) is 23.6. The molecule has 1 N–H and O–H groups in total. The van der Waals surface area contributed by atoms with Crippen LogP contribution in [0.2, 0.25) is 0 Å². The maximum atomic E-state index is 14.2. The number of piperazine rings is 1. The quantitative estimate of drug-likeness (QED) is 0.430. The highest BCUT2D eigenvalue weighted by molar-refractivity contribution is 5.98. The highest BCUT2D eigenvalue weighted by Gasteiger charge is 2.50. The predicted molar refractivity (Wildman–Crippen MR) is 149 cm³/mol. The average molecular weight is 535 g/mol. The normalized spacial score (nSPS) is 24.1. The van der Waals surface area contributed by atoms with Crippen molar-refractivity contribution in [3.63, 3.8) is 0 Å². The van der Waals surface area contributed by atoms with Crippen LogP contribution in [0.4, 0.5) is 0 Å². The highest BCUT2D eigenvalue weighted by atomic mass is 16.7. The number of H-pyrrole nitrogens is 1. The van der Waals surface area contributed by atoms with Crippen LogP contribution in [0.15, 0.2) is 72.8 Å². The van der Waals surface area contributed by atoms with Gasteiger partial charge in [0.2, 0.25) is 18.6 Å². The van der Waals surface area contributed by atoms with Crippen LogP contribution in [-0.4, -0.2) is 70.0 Å². The summed E-state index contributed by atoms with van der Waals surface area (Å²) in [6.45, 7) is 2.84. The van der Waals surface area contributed by atoms with Crippen molar-refractivity contribution in [3.8, 4) is 11.5 Å².